The van der Waals surface area contributed by atoms with Crippen molar-refractivity contribution < 1.29 is 0 Å². The van der Waals surface area contributed by atoms with Crippen LogP contribution in [0.4, 0.5) is 0 Å². The zero-order valence-electron chi connectivity index (χ0n) is 8.78. The summed E-state index contributed by atoms with van der Waals surface area (Å²) in [4.78, 5) is 6.24. The van der Waals surface area contributed by atoms with Gasteiger partial charge in [0.1, 0.15) is 11.5 Å². The van der Waals surface area contributed by atoms with Gasteiger partial charge in [-0.3, -0.25) is 5.01 Å². The molecule has 0 aromatic rings. The van der Waals surface area contributed by atoms with Gasteiger partial charge in [0.15, 0.2) is 0 Å². The van der Waals surface area contributed by atoms with E-state index in [9.17, 15) is 0 Å². The zero-order chi connectivity index (χ0) is 10.6. The number of piperazine rings is 1. The van der Waals surface area contributed by atoms with Crippen LogP contribution in [-0.2, 0) is 0 Å². The Morgan fingerprint density at radius 2 is 2.00 bits per heavy atom. The first-order valence-electron chi connectivity index (χ1n) is 4.64. The highest BCUT2D eigenvalue weighted by atomic mass is 35.5. The molecule has 14 heavy (non-hydrogen) atoms. The normalized spacial score (nSPS) is 20.2. The Kier molecular flexibility index (Phi) is 4.38. The van der Waals surface area contributed by atoms with Crippen LogP contribution in [0.2, 0.25) is 0 Å². The molecule has 0 unspecified atom stereocenters. The summed E-state index contributed by atoms with van der Waals surface area (Å²) in [5.41, 5.74) is 0. The van der Waals surface area contributed by atoms with Gasteiger partial charge in [0.2, 0.25) is 0 Å². The molecule has 0 aliphatic carbocycles. The molecule has 0 aromatic heterocycles. The van der Waals surface area contributed by atoms with Crippen LogP contribution in [0.1, 0.15) is 0 Å². The van der Waals surface area contributed by atoms with Crippen molar-refractivity contribution in [2.75, 3.05) is 40.3 Å². The quantitative estimate of drug-likeness (QED) is 0.396. The first-order chi connectivity index (χ1) is 6.59. The predicted molar refractivity (Wildman–Crippen MR) is 60.3 cm³/mol. The third-order valence-electron chi connectivity index (χ3n) is 2.29. The summed E-state index contributed by atoms with van der Waals surface area (Å²) in [7, 11) is 4.10. The second-order valence-electron chi connectivity index (χ2n) is 3.45. The maximum absolute atomic E-state index is 5.54. The summed E-state index contributed by atoms with van der Waals surface area (Å²) < 4.78 is 0. The molecule has 0 radical (unpaired) electrons. The van der Waals surface area contributed by atoms with E-state index in [0.29, 0.717) is 5.16 Å². The molecule has 0 N–H and O–H groups in total. The van der Waals surface area contributed by atoms with E-state index in [4.69, 9.17) is 11.6 Å². The number of nitrogens with zero attached hydrogens (tertiary/aromatic N) is 4. The number of hydrogen-bond acceptors (Lipinski definition) is 3. The molecule has 80 valence electrons. The topological polar surface area (TPSA) is 22.1 Å². The van der Waals surface area contributed by atoms with Gasteiger partial charge in [-0.1, -0.05) is 18.2 Å². The molecule has 1 rings (SSSR count). The maximum Gasteiger partial charge on any atom is 0.123 e. The van der Waals surface area contributed by atoms with E-state index in [1.54, 1.807) is 6.34 Å². The lowest BCUT2D eigenvalue weighted by molar-refractivity contribution is 0.0254. The maximum atomic E-state index is 5.54. The minimum atomic E-state index is 0.311. The lowest BCUT2D eigenvalue weighted by Crippen LogP contribution is -2.50. The number of hydrogen-bond donors (Lipinski definition) is 0. The number of halogens is 1. The Labute approximate surface area is 90.4 Å². The molecule has 1 saturated heterocycles. The van der Waals surface area contributed by atoms with E-state index >= 15 is 0 Å². The van der Waals surface area contributed by atoms with E-state index in [1.807, 2.05) is 12.1 Å². The third kappa shape index (κ3) is 3.65. The van der Waals surface area contributed by atoms with Crippen molar-refractivity contribution >= 4 is 17.9 Å². The Hall–Kier alpha value is -0.580. The molecule has 1 aliphatic rings. The van der Waals surface area contributed by atoms with Crippen LogP contribution in [0.15, 0.2) is 16.7 Å². The summed E-state index contributed by atoms with van der Waals surface area (Å²) in [5, 5.41) is 4.50. The van der Waals surface area contributed by atoms with E-state index in [2.05, 4.69) is 28.5 Å². The van der Waals surface area contributed by atoms with Crippen molar-refractivity contribution in [2.24, 2.45) is 4.99 Å². The SMILES string of the molecule is C=C(Cl)N=CN(C)N1CCN(C)CC1. The minimum Gasteiger partial charge on any atom is -0.304 e. The van der Waals surface area contributed by atoms with Gasteiger partial charge in [0, 0.05) is 33.2 Å². The van der Waals surface area contributed by atoms with Crippen LogP contribution in [0.25, 0.3) is 0 Å². The Morgan fingerprint density at radius 1 is 1.43 bits per heavy atom. The summed E-state index contributed by atoms with van der Waals surface area (Å²) in [6, 6.07) is 0. The molecular formula is C9H17ClN4. The van der Waals surface area contributed by atoms with Crippen molar-refractivity contribution in [3.63, 3.8) is 0 Å². The molecule has 1 aliphatic heterocycles. The average molecular weight is 217 g/mol. The molecule has 4 nitrogen and oxygen atoms in total. The second-order valence-corrected chi connectivity index (χ2v) is 3.89. The fourth-order valence-electron chi connectivity index (χ4n) is 1.33. The molecule has 0 spiro atoms. The van der Waals surface area contributed by atoms with Crippen molar-refractivity contribution in [1.29, 1.82) is 0 Å². The minimum absolute atomic E-state index is 0.311. The van der Waals surface area contributed by atoms with E-state index < -0.39 is 0 Å². The monoisotopic (exact) mass is 216 g/mol. The average Bonchev–Trinajstić information content (AvgIpc) is 2.15. The largest absolute Gasteiger partial charge is 0.304 e. The summed E-state index contributed by atoms with van der Waals surface area (Å²) in [6.45, 7) is 7.71. The summed E-state index contributed by atoms with van der Waals surface area (Å²) in [5.74, 6) is 0. The highest BCUT2D eigenvalue weighted by Gasteiger charge is 2.15. The van der Waals surface area contributed by atoms with Crippen LogP contribution in [0.5, 0.6) is 0 Å². The van der Waals surface area contributed by atoms with E-state index in [1.165, 1.54) is 0 Å². The molecule has 1 fully saturated rings. The lowest BCUT2D eigenvalue weighted by Gasteiger charge is -2.36. The Morgan fingerprint density at radius 3 is 2.50 bits per heavy atom. The Bertz CT molecular complexity index is 221. The van der Waals surface area contributed by atoms with Crippen molar-refractivity contribution in [2.45, 2.75) is 0 Å². The smallest absolute Gasteiger partial charge is 0.123 e. The molecule has 0 saturated carbocycles. The molecule has 1 heterocycles. The van der Waals surface area contributed by atoms with Crippen LogP contribution in [0, 0.1) is 0 Å². The van der Waals surface area contributed by atoms with E-state index in [0.717, 1.165) is 26.2 Å². The fraction of sp³-hybridized carbons (Fsp3) is 0.667. The van der Waals surface area contributed by atoms with Gasteiger partial charge in [-0.05, 0) is 7.05 Å². The Balaban J connectivity index is 2.37. The van der Waals surface area contributed by atoms with Crippen LogP contribution in [-0.4, -0.2) is 61.5 Å². The van der Waals surface area contributed by atoms with Gasteiger partial charge in [-0.25, -0.2) is 10.0 Å². The van der Waals surface area contributed by atoms with Crippen LogP contribution >= 0.6 is 11.6 Å². The van der Waals surface area contributed by atoms with Crippen molar-refractivity contribution in [3.05, 3.63) is 11.7 Å². The third-order valence-corrected chi connectivity index (χ3v) is 2.39. The highest BCUT2D eigenvalue weighted by molar-refractivity contribution is 6.29. The van der Waals surface area contributed by atoms with Gasteiger partial charge < -0.3 is 4.90 Å². The summed E-state index contributed by atoms with van der Waals surface area (Å²) >= 11 is 5.54. The molecule has 0 aromatic carbocycles. The van der Waals surface area contributed by atoms with Gasteiger partial charge >= 0.3 is 0 Å². The number of rotatable bonds is 3. The fourth-order valence-corrected chi connectivity index (χ4v) is 1.37. The van der Waals surface area contributed by atoms with Gasteiger partial charge in [-0.2, -0.15) is 0 Å². The van der Waals surface area contributed by atoms with Crippen molar-refractivity contribution in [3.8, 4) is 0 Å². The van der Waals surface area contributed by atoms with Crippen LogP contribution in [0.3, 0.4) is 0 Å². The first-order valence-corrected chi connectivity index (χ1v) is 5.02. The van der Waals surface area contributed by atoms with Gasteiger partial charge in [0.25, 0.3) is 0 Å². The molecule has 0 bridgehead atoms. The number of hydrazine groups is 1. The first kappa shape index (κ1) is 11.5. The summed E-state index contributed by atoms with van der Waals surface area (Å²) in [6.07, 6.45) is 1.70. The van der Waals surface area contributed by atoms with Crippen molar-refractivity contribution in [1.82, 2.24) is 14.9 Å². The highest BCUT2D eigenvalue weighted by Crippen LogP contribution is 2.02. The molecule has 5 heteroatoms. The lowest BCUT2D eigenvalue weighted by atomic mass is 10.4. The van der Waals surface area contributed by atoms with Gasteiger partial charge in [0.05, 0.1) is 0 Å². The van der Waals surface area contributed by atoms with Gasteiger partial charge in [-0.15, -0.1) is 0 Å². The predicted octanol–water partition coefficient (Wildman–Crippen LogP) is 0.819. The second kappa shape index (κ2) is 5.34. The van der Waals surface area contributed by atoms with Crippen LogP contribution < -0.4 is 0 Å². The molecule has 0 atom stereocenters. The standard InChI is InChI=1S/C9H17ClN4/c1-9(10)11-8-13(3)14-6-4-12(2)5-7-14/h8H,1,4-7H2,2-3H3. The van der Waals surface area contributed by atoms with E-state index in [-0.39, 0.29) is 0 Å². The molecular weight excluding hydrogens is 200 g/mol. The number of aliphatic imine (C=N–C) groups is 1. The molecule has 0 amide bonds. The zero-order valence-corrected chi connectivity index (χ0v) is 9.54. The number of likely N-dealkylation sites (N-methyl/N-ethyl adjacent to an activating group) is 1.